The Balaban J connectivity index is 3.09. The molecule has 0 saturated heterocycles. The molecular weight excluding hydrogens is 209 g/mol. The lowest BCUT2D eigenvalue weighted by Gasteiger charge is -2.07. The molecule has 0 saturated carbocycles. The Morgan fingerprint density at radius 3 is 2.64 bits per heavy atom. The Kier molecular flexibility index (Phi) is 2.62. The van der Waals surface area contributed by atoms with Gasteiger partial charge >= 0.3 is 0 Å². The maximum absolute atomic E-state index is 12.5. The lowest BCUT2D eigenvalue weighted by Crippen LogP contribution is -2.05. The molecule has 0 aromatic heterocycles. The Morgan fingerprint density at radius 1 is 1.55 bits per heavy atom. The molecule has 1 unspecified atom stereocenters. The second kappa shape index (κ2) is 3.32. The third-order valence-electron chi connectivity index (χ3n) is 1.45. The first-order valence-electron chi connectivity index (χ1n) is 3.32. The zero-order valence-electron chi connectivity index (χ0n) is 6.14. The van der Waals surface area contributed by atoms with Gasteiger partial charge in [-0.05, 0) is 24.6 Å². The first-order valence-corrected chi connectivity index (χ1v) is 4.11. The van der Waals surface area contributed by atoms with E-state index in [1.165, 1.54) is 12.1 Å². The number of hydrogen-bond acceptors (Lipinski definition) is 1. The Bertz CT molecular complexity index is 260. The molecule has 0 fully saturated rings. The summed E-state index contributed by atoms with van der Waals surface area (Å²) in [5.74, 6) is -0.249. The van der Waals surface area contributed by atoms with Crippen LogP contribution in [0.2, 0.25) is 0 Å². The summed E-state index contributed by atoms with van der Waals surface area (Å²) in [5.41, 5.74) is 6.53. The van der Waals surface area contributed by atoms with E-state index in [2.05, 4.69) is 15.9 Å². The normalized spacial score (nSPS) is 13.1. The van der Waals surface area contributed by atoms with E-state index in [0.717, 1.165) is 10.0 Å². The predicted molar refractivity (Wildman–Crippen MR) is 46.7 cm³/mol. The van der Waals surface area contributed by atoms with Gasteiger partial charge in [0.05, 0.1) is 0 Å². The molecule has 1 atom stereocenters. The summed E-state index contributed by atoms with van der Waals surface area (Å²) in [5, 5.41) is 0. The second-order valence-corrected chi connectivity index (χ2v) is 3.31. The summed E-state index contributed by atoms with van der Waals surface area (Å²) < 4.78 is 13.3. The molecule has 0 radical (unpaired) electrons. The Hall–Kier alpha value is -0.410. The Labute approximate surface area is 73.5 Å². The zero-order chi connectivity index (χ0) is 8.43. The maximum atomic E-state index is 12.5. The van der Waals surface area contributed by atoms with Gasteiger partial charge in [-0.2, -0.15) is 0 Å². The lowest BCUT2D eigenvalue weighted by molar-refractivity contribution is 0.624. The van der Waals surface area contributed by atoms with Crippen LogP contribution in [-0.2, 0) is 0 Å². The number of rotatable bonds is 1. The number of benzene rings is 1. The largest absolute Gasteiger partial charge is 0.324 e. The van der Waals surface area contributed by atoms with Gasteiger partial charge in [0.15, 0.2) is 0 Å². The smallest absolute Gasteiger partial charge is 0.124 e. The summed E-state index contributed by atoms with van der Waals surface area (Å²) >= 11 is 3.23. The molecule has 60 valence electrons. The molecule has 1 rings (SSSR count). The molecule has 0 bridgehead atoms. The SMILES string of the molecule is CC(N)c1ccc(F)cc1Br. The number of hydrogen-bond donors (Lipinski definition) is 1. The van der Waals surface area contributed by atoms with Crippen LogP contribution in [-0.4, -0.2) is 0 Å². The van der Waals surface area contributed by atoms with E-state index in [-0.39, 0.29) is 11.9 Å². The molecule has 0 aliphatic heterocycles. The summed E-state index contributed by atoms with van der Waals surface area (Å²) in [7, 11) is 0. The zero-order valence-corrected chi connectivity index (χ0v) is 7.73. The van der Waals surface area contributed by atoms with Crippen LogP contribution in [0.5, 0.6) is 0 Å². The highest BCUT2D eigenvalue weighted by atomic mass is 79.9. The minimum absolute atomic E-state index is 0.0648. The highest BCUT2D eigenvalue weighted by Gasteiger charge is 2.04. The van der Waals surface area contributed by atoms with Crippen molar-refractivity contribution < 1.29 is 4.39 Å². The molecule has 0 spiro atoms. The molecule has 0 aliphatic carbocycles. The number of nitrogens with two attached hydrogens (primary N) is 1. The van der Waals surface area contributed by atoms with Crippen molar-refractivity contribution in [2.75, 3.05) is 0 Å². The Morgan fingerprint density at radius 2 is 2.18 bits per heavy atom. The van der Waals surface area contributed by atoms with Crippen LogP contribution in [0.25, 0.3) is 0 Å². The van der Waals surface area contributed by atoms with E-state index in [1.807, 2.05) is 6.92 Å². The van der Waals surface area contributed by atoms with Crippen molar-refractivity contribution in [3.05, 3.63) is 34.1 Å². The standard InChI is InChI=1S/C8H9BrFN/c1-5(11)7-3-2-6(10)4-8(7)9/h2-5H,11H2,1H3. The molecule has 0 amide bonds. The van der Waals surface area contributed by atoms with Gasteiger partial charge in [-0.15, -0.1) is 0 Å². The van der Waals surface area contributed by atoms with Crippen molar-refractivity contribution in [3.8, 4) is 0 Å². The third kappa shape index (κ3) is 2.01. The van der Waals surface area contributed by atoms with Crippen LogP contribution in [0.3, 0.4) is 0 Å². The van der Waals surface area contributed by atoms with Crippen LogP contribution < -0.4 is 5.73 Å². The van der Waals surface area contributed by atoms with Crippen molar-refractivity contribution in [3.63, 3.8) is 0 Å². The van der Waals surface area contributed by atoms with E-state index < -0.39 is 0 Å². The first-order chi connectivity index (χ1) is 5.11. The van der Waals surface area contributed by atoms with Crippen molar-refractivity contribution in [1.29, 1.82) is 0 Å². The van der Waals surface area contributed by atoms with E-state index in [1.54, 1.807) is 6.07 Å². The molecule has 1 aromatic rings. The van der Waals surface area contributed by atoms with E-state index in [9.17, 15) is 4.39 Å². The first kappa shape index (κ1) is 8.68. The fraction of sp³-hybridized carbons (Fsp3) is 0.250. The van der Waals surface area contributed by atoms with E-state index in [4.69, 9.17) is 5.73 Å². The van der Waals surface area contributed by atoms with Crippen LogP contribution >= 0.6 is 15.9 Å². The summed E-state index contributed by atoms with van der Waals surface area (Å²) in [4.78, 5) is 0. The van der Waals surface area contributed by atoms with Gasteiger partial charge in [-0.3, -0.25) is 0 Å². The minimum atomic E-state index is -0.249. The highest BCUT2D eigenvalue weighted by Crippen LogP contribution is 2.22. The van der Waals surface area contributed by atoms with Crippen molar-refractivity contribution >= 4 is 15.9 Å². The topological polar surface area (TPSA) is 26.0 Å². The molecule has 2 N–H and O–H groups in total. The fourth-order valence-electron chi connectivity index (χ4n) is 0.871. The monoisotopic (exact) mass is 217 g/mol. The van der Waals surface area contributed by atoms with Crippen molar-refractivity contribution in [2.45, 2.75) is 13.0 Å². The molecule has 0 aliphatic rings. The van der Waals surface area contributed by atoms with Gasteiger partial charge in [0, 0.05) is 10.5 Å². The molecule has 0 heterocycles. The van der Waals surface area contributed by atoms with Gasteiger partial charge in [-0.25, -0.2) is 4.39 Å². The minimum Gasteiger partial charge on any atom is -0.324 e. The summed E-state index contributed by atoms with van der Waals surface area (Å²) in [6.45, 7) is 1.86. The molecule has 1 nitrogen and oxygen atoms in total. The van der Waals surface area contributed by atoms with Crippen molar-refractivity contribution in [1.82, 2.24) is 0 Å². The summed E-state index contributed by atoms with van der Waals surface area (Å²) in [6, 6.07) is 4.44. The average Bonchev–Trinajstić information content (AvgIpc) is 1.85. The summed E-state index contributed by atoms with van der Waals surface area (Å²) in [6.07, 6.45) is 0. The third-order valence-corrected chi connectivity index (χ3v) is 2.14. The van der Waals surface area contributed by atoms with E-state index >= 15 is 0 Å². The molecule has 3 heteroatoms. The molecule has 1 aromatic carbocycles. The highest BCUT2D eigenvalue weighted by molar-refractivity contribution is 9.10. The van der Waals surface area contributed by atoms with Crippen LogP contribution in [0.15, 0.2) is 22.7 Å². The van der Waals surface area contributed by atoms with Gasteiger partial charge < -0.3 is 5.73 Å². The quantitative estimate of drug-likeness (QED) is 0.770. The molecular formula is C8H9BrFN. The van der Waals surface area contributed by atoms with Gasteiger partial charge in [0.2, 0.25) is 0 Å². The fourth-order valence-corrected chi connectivity index (χ4v) is 1.58. The second-order valence-electron chi connectivity index (χ2n) is 2.45. The maximum Gasteiger partial charge on any atom is 0.124 e. The van der Waals surface area contributed by atoms with E-state index in [0.29, 0.717) is 0 Å². The predicted octanol–water partition coefficient (Wildman–Crippen LogP) is 2.61. The number of halogens is 2. The van der Waals surface area contributed by atoms with Gasteiger partial charge in [0.25, 0.3) is 0 Å². The van der Waals surface area contributed by atoms with Crippen LogP contribution in [0.1, 0.15) is 18.5 Å². The average molecular weight is 218 g/mol. The van der Waals surface area contributed by atoms with Crippen molar-refractivity contribution in [2.24, 2.45) is 5.73 Å². The molecule has 11 heavy (non-hydrogen) atoms. The van der Waals surface area contributed by atoms with Gasteiger partial charge in [0.1, 0.15) is 5.82 Å². The van der Waals surface area contributed by atoms with Crippen LogP contribution in [0, 0.1) is 5.82 Å². The van der Waals surface area contributed by atoms with Crippen LogP contribution in [0.4, 0.5) is 4.39 Å². The lowest BCUT2D eigenvalue weighted by atomic mass is 10.1. The van der Waals surface area contributed by atoms with Gasteiger partial charge in [-0.1, -0.05) is 22.0 Å².